The van der Waals surface area contributed by atoms with E-state index in [-0.39, 0.29) is 13.0 Å². The lowest BCUT2D eigenvalue weighted by Crippen LogP contribution is -2.29. The Morgan fingerprint density at radius 1 is 0.923 bits per heavy atom. The second-order valence-corrected chi connectivity index (χ2v) is 5.84. The van der Waals surface area contributed by atoms with E-state index in [0.717, 1.165) is 0 Å². The van der Waals surface area contributed by atoms with Gasteiger partial charge >= 0.3 is 0 Å². The van der Waals surface area contributed by atoms with Crippen LogP contribution in [-0.2, 0) is 5.60 Å². The summed E-state index contributed by atoms with van der Waals surface area (Å²) in [7, 11) is 2.90. The fraction of sp³-hybridized carbons (Fsp3) is 0.300. The lowest BCUT2D eigenvalue weighted by molar-refractivity contribution is 0.0574. The van der Waals surface area contributed by atoms with Gasteiger partial charge in [-0.15, -0.1) is 0 Å². The van der Waals surface area contributed by atoms with Gasteiger partial charge in [0.1, 0.15) is 29.7 Å². The number of hydrogen-bond acceptors (Lipinski definition) is 6. The maximum atomic E-state index is 11.6. The van der Waals surface area contributed by atoms with Crippen LogP contribution in [-0.4, -0.2) is 43.6 Å². The summed E-state index contributed by atoms with van der Waals surface area (Å²) < 4.78 is 10.8. The highest BCUT2D eigenvalue weighted by Gasteiger charge is 2.36. The first-order valence-electron chi connectivity index (χ1n) is 8.14. The average Bonchev–Trinajstić information content (AvgIpc) is 2.70. The van der Waals surface area contributed by atoms with E-state index in [4.69, 9.17) is 9.47 Å². The van der Waals surface area contributed by atoms with Gasteiger partial charge in [-0.2, -0.15) is 0 Å². The van der Waals surface area contributed by atoms with Gasteiger partial charge in [0.25, 0.3) is 0 Å². The van der Waals surface area contributed by atoms with Crippen LogP contribution in [0, 0.1) is 0 Å². The molecule has 0 amide bonds. The first-order chi connectivity index (χ1) is 12.5. The van der Waals surface area contributed by atoms with E-state index >= 15 is 0 Å². The van der Waals surface area contributed by atoms with Crippen molar-refractivity contribution in [2.45, 2.75) is 18.4 Å². The van der Waals surface area contributed by atoms with Gasteiger partial charge in [0.05, 0.1) is 14.2 Å². The molecule has 0 aliphatic carbocycles. The van der Waals surface area contributed by atoms with Crippen LogP contribution in [0.2, 0.25) is 0 Å². The second-order valence-electron chi connectivity index (χ2n) is 5.84. The maximum Gasteiger partial charge on any atom is 0.150 e. The van der Waals surface area contributed by atoms with E-state index in [0.29, 0.717) is 52.7 Å². The van der Waals surface area contributed by atoms with Gasteiger partial charge < -0.3 is 19.7 Å². The van der Waals surface area contributed by atoms with Crippen molar-refractivity contribution in [1.29, 1.82) is 0 Å². The van der Waals surface area contributed by atoms with Crippen molar-refractivity contribution in [3.63, 3.8) is 0 Å². The number of aldehydes is 2. The van der Waals surface area contributed by atoms with Crippen LogP contribution < -0.4 is 9.47 Å². The molecule has 0 saturated carbocycles. The molecule has 2 rings (SSSR count). The van der Waals surface area contributed by atoms with Crippen LogP contribution in [0.5, 0.6) is 11.5 Å². The Labute approximate surface area is 152 Å². The first-order valence-corrected chi connectivity index (χ1v) is 8.14. The number of methoxy groups -OCH3 is 2. The third-order valence-electron chi connectivity index (χ3n) is 4.31. The molecule has 0 spiro atoms. The van der Waals surface area contributed by atoms with Gasteiger partial charge in [-0.05, 0) is 25.0 Å². The Hall–Kier alpha value is -2.70. The quantitative estimate of drug-likeness (QED) is 0.669. The molecule has 0 aliphatic heterocycles. The molecule has 2 N–H and O–H groups in total. The number of carbonyl (C=O) groups excluding carboxylic acids is 2. The molecule has 0 radical (unpaired) electrons. The standard InChI is InChI=1S/C20H22O6/c1-25-18-10-14(12-22)4-6-16(18)20(24,8-3-9-21)17-7-5-15(13-23)11-19(17)26-2/h4-7,10-13,21,24H,3,8-9H2,1-2H3. The molecular weight excluding hydrogens is 336 g/mol. The minimum atomic E-state index is -1.54. The van der Waals surface area contributed by atoms with Crippen molar-refractivity contribution in [2.75, 3.05) is 20.8 Å². The minimum absolute atomic E-state index is 0.105. The third kappa shape index (κ3) is 3.76. The third-order valence-corrected chi connectivity index (χ3v) is 4.31. The summed E-state index contributed by atoms with van der Waals surface area (Å²) in [5.74, 6) is 0.688. The number of aliphatic hydroxyl groups is 2. The average molecular weight is 358 g/mol. The molecule has 6 heteroatoms. The highest BCUT2D eigenvalue weighted by Crippen LogP contribution is 2.43. The normalized spacial score (nSPS) is 11.1. The predicted molar refractivity (Wildman–Crippen MR) is 96.1 cm³/mol. The van der Waals surface area contributed by atoms with Crippen LogP contribution >= 0.6 is 0 Å². The summed E-state index contributed by atoms with van der Waals surface area (Å²) >= 11 is 0. The summed E-state index contributed by atoms with van der Waals surface area (Å²) in [6, 6.07) is 9.49. The van der Waals surface area contributed by atoms with E-state index < -0.39 is 5.60 Å². The Balaban J connectivity index is 2.70. The van der Waals surface area contributed by atoms with E-state index in [9.17, 15) is 19.8 Å². The molecule has 0 saturated heterocycles. The zero-order valence-electron chi connectivity index (χ0n) is 14.8. The Bertz CT molecular complexity index is 724. The second kappa shape index (κ2) is 8.60. The van der Waals surface area contributed by atoms with Crippen LogP contribution in [0.3, 0.4) is 0 Å². The topological polar surface area (TPSA) is 93.1 Å². The zero-order valence-corrected chi connectivity index (χ0v) is 14.8. The SMILES string of the molecule is COc1cc(C=O)ccc1C(O)(CCCO)c1ccc(C=O)cc1OC. The smallest absolute Gasteiger partial charge is 0.150 e. The predicted octanol–water partition coefficient (Wildman–Crippen LogP) is 2.34. The summed E-state index contributed by atoms with van der Waals surface area (Å²) in [5.41, 5.74) is 0.173. The Morgan fingerprint density at radius 3 is 1.73 bits per heavy atom. The molecule has 0 heterocycles. The van der Waals surface area contributed by atoms with Crippen LogP contribution in [0.25, 0.3) is 0 Å². The van der Waals surface area contributed by atoms with Crippen LogP contribution in [0.1, 0.15) is 44.7 Å². The molecule has 0 unspecified atom stereocenters. The molecule has 2 aromatic carbocycles. The van der Waals surface area contributed by atoms with Gasteiger partial charge in [-0.3, -0.25) is 9.59 Å². The monoisotopic (exact) mass is 358 g/mol. The number of ether oxygens (including phenoxy) is 2. The zero-order chi connectivity index (χ0) is 19.2. The van der Waals surface area contributed by atoms with E-state index in [2.05, 4.69) is 0 Å². The summed E-state index contributed by atoms with van der Waals surface area (Å²) in [6.45, 7) is -0.105. The number of carbonyl (C=O) groups is 2. The molecule has 0 aliphatic rings. The molecule has 0 atom stereocenters. The molecule has 0 aromatic heterocycles. The number of hydrogen-bond donors (Lipinski definition) is 2. The van der Waals surface area contributed by atoms with E-state index in [1.54, 1.807) is 36.4 Å². The summed E-state index contributed by atoms with van der Waals surface area (Å²) in [4.78, 5) is 22.1. The molecule has 0 bridgehead atoms. The Morgan fingerprint density at radius 2 is 1.38 bits per heavy atom. The molecule has 0 fully saturated rings. The minimum Gasteiger partial charge on any atom is -0.496 e. The molecule has 26 heavy (non-hydrogen) atoms. The fourth-order valence-corrected chi connectivity index (χ4v) is 2.99. The fourth-order valence-electron chi connectivity index (χ4n) is 2.99. The summed E-state index contributed by atoms with van der Waals surface area (Å²) in [5, 5.41) is 20.9. The van der Waals surface area contributed by atoms with E-state index in [1.807, 2.05) is 0 Å². The van der Waals surface area contributed by atoms with Crippen LogP contribution in [0.4, 0.5) is 0 Å². The highest BCUT2D eigenvalue weighted by atomic mass is 16.5. The van der Waals surface area contributed by atoms with Crippen molar-refractivity contribution in [3.05, 3.63) is 58.7 Å². The lowest BCUT2D eigenvalue weighted by Gasteiger charge is -2.32. The van der Waals surface area contributed by atoms with Crippen molar-refractivity contribution >= 4 is 12.6 Å². The summed E-state index contributed by atoms with van der Waals surface area (Å²) in [6.07, 6.45) is 1.90. The number of rotatable bonds is 9. The van der Waals surface area contributed by atoms with Gasteiger partial charge in [0, 0.05) is 28.9 Å². The van der Waals surface area contributed by atoms with Crippen molar-refractivity contribution < 1.29 is 29.3 Å². The van der Waals surface area contributed by atoms with Crippen molar-refractivity contribution in [2.24, 2.45) is 0 Å². The maximum absolute atomic E-state index is 11.6. The number of aliphatic hydroxyl groups excluding tert-OH is 1. The molecule has 2 aromatic rings. The first kappa shape index (κ1) is 19.6. The lowest BCUT2D eigenvalue weighted by atomic mass is 9.81. The molecule has 138 valence electrons. The van der Waals surface area contributed by atoms with E-state index in [1.165, 1.54) is 14.2 Å². The largest absolute Gasteiger partial charge is 0.496 e. The number of benzene rings is 2. The Kier molecular flexibility index (Phi) is 6.49. The van der Waals surface area contributed by atoms with Gasteiger partial charge in [-0.1, -0.05) is 24.3 Å². The van der Waals surface area contributed by atoms with Crippen LogP contribution in [0.15, 0.2) is 36.4 Å². The highest BCUT2D eigenvalue weighted by molar-refractivity contribution is 5.77. The van der Waals surface area contributed by atoms with Crippen molar-refractivity contribution in [3.8, 4) is 11.5 Å². The van der Waals surface area contributed by atoms with Gasteiger partial charge in [-0.25, -0.2) is 0 Å². The van der Waals surface area contributed by atoms with Gasteiger partial charge in [0.15, 0.2) is 0 Å². The van der Waals surface area contributed by atoms with Gasteiger partial charge in [0.2, 0.25) is 0 Å². The molecular formula is C20H22O6. The van der Waals surface area contributed by atoms with Crippen molar-refractivity contribution in [1.82, 2.24) is 0 Å². The molecule has 6 nitrogen and oxygen atoms in total.